The van der Waals surface area contributed by atoms with Crippen molar-refractivity contribution in [1.29, 1.82) is 0 Å². The molecule has 0 bridgehead atoms. The molecule has 21 heavy (non-hydrogen) atoms. The molecule has 0 radical (unpaired) electrons. The topological polar surface area (TPSA) is 95.4 Å². The van der Waals surface area contributed by atoms with Crippen molar-refractivity contribution in [2.75, 3.05) is 25.9 Å². The normalized spacial score (nSPS) is 22.9. The van der Waals surface area contributed by atoms with E-state index in [2.05, 4.69) is 14.9 Å². The van der Waals surface area contributed by atoms with Gasteiger partial charge in [0.25, 0.3) is 10.1 Å². The molecular weight excluding hydrogens is 292 g/mol. The fourth-order valence-corrected chi connectivity index (χ4v) is 3.22. The van der Waals surface area contributed by atoms with E-state index in [4.69, 9.17) is 9.71 Å². The van der Waals surface area contributed by atoms with Gasteiger partial charge in [-0.3, -0.25) is 9.08 Å². The van der Waals surface area contributed by atoms with Gasteiger partial charge in [-0.25, -0.2) is 0 Å². The van der Waals surface area contributed by atoms with Gasteiger partial charge < -0.3 is 0 Å². The SMILES string of the molecule is CS(=O)(=O)O[C@H]1CN(Cc2ccccc2)C[C@@H]1CN=[N+]=[N-]. The third-order valence-corrected chi connectivity index (χ3v) is 3.98. The first-order valence-corrected chi connectivity index (χ1v) is 8.45. The monoisotopic (exact) mass is 310 g/mol. The smallest absolute Gasteiger partial charge is 0.264 e. The van der Waals surface area contributed by atoms with E-state index in [1.165, 1.54) is 0 Å². The van der Waals surface area contributed by atoms with Crippen LogP contribution in [0, 0.1) is 5.92 Å². The fourth-order valence-electron chi connectivity index (χ4n) is 2.55. The standard InChI is InChI=1S/C13H18N4O3S/c1-21(18,19)20-13-10-17(9-12(13)7-15-16-14)8-11-5-3-2-4-6-11/h2-6,12-13H,7-10H2,1H3/t12-,13-/m0/s1. The molecule has 1 heterocycles. The molecule has 1 aliphatic heterocycles. The Labute approximate surface area is 124 Å². The van der Waals surface area contributed by atoms with Crippen molar-refractivity contribution in [2.45, 2.75) is 12.6 Å². The zero-order chi connectivity index (χ0) is 15.3. The van der Waals surface area contributed by atoms with Crippen LogP contribution in [0.1, 0.15) is 5.56 Å². The van der Waals surface area contributed by atoms with Crippen LogP contribution in [0.4, 0.5) is 0 Å². The first kappa shape index (κ1) is 15.8. The van der Waals surface area contributed by atoms with Gasteiger partial charge in [0, 0.05) is 37.0 Å². The molecule has 1 saturated heterocycles. The van der Waals surface area contributed by atoms with Crippen molar-refractivity contribution in [3.05, 3.63) is 46.3 Å². The first-order valence-electron chi connectivity index (χ1n) is 6.63. The highest BCUT2D eigenvalue weighted by molar-refractivity contribution is 7.86. The molecule has 0 aromatic heterocycles. The lowest BCUT2D eigenvalue weighted by Crippen LogP contribution is -2.27. The molecule has 0 spiro atoms. The second kappa shape index (κ2) is 6.91. The molecule has 2 atom stereocenters. The predicted molar refractivity (Wildman–Crippen MR) is 78.9 cm³/mol. The van der Waals surface area contributed by atoms with Gasteiger partial charge >= 0.3 is 0 Å². The van der Waals surface area contributed by atoms with E-state index in [1.54, 1.807) is 0 Å². The molecule has 0 unspecified atom stereocenters. The van der Waals surface area contributed by atoms with Gasteiger partial charge in [0.1, 0.15) is 0 Å². The van der Waals surface area contributed by atoms with Crippen molar-refractivity contribution < 1.29 is 12.6 Å². The van der Waals surface area contributed by atoms with E-state index in [9.17, 15) is 8.42 Å². The summed E-state index contributed by atoms with van der Waals surface area (Å²) in [6.45, 7) is 2.11. The molecule has 2 rings (SSSR count). The Morgan fingerprint density at radius 2 is 2.10 bits per heavy atom. The average molecular weight is 310 g/mol. The first-order chi connectivity index (χ1) is 9.98. The minimum absolute atomic E-state index is 0.112. The summed E-state index contributed by atoms with van der Waals surface area (Å²) in [6, 6.07) is 9.93. The van der Waals surface area contributed by atoms with E-state index in [0.717, 1.165) is 18.4 Å². The summed E-state index contributed by atoms with van der Waals surface area (Å²) in [6.07, 6.45) is 0.575. The van der Waals surface area contributed by atoms with Gasteiger partial charge in [0.15, 0.2) is 0 Å². The zero-order valence-corrected chi connectivity index (χ0v) is 12.6. The third-order valence-electron chi connectivity index (χ3n) is 3.38. The van der Waals surface area contributed by atoms with Crippen LogP contribution >= 0.6 is 0 Å². The number of hydrogen-bond acceptors (Lipinski definition) is 5. The highest BCUT2D eigenvalue weighted by Gasteiger charge is 2.35. The van der Waals surface area contributed by atoms with Crippen LogP contribution in [0.5, 0.6) is 0 Å². The Morgan fingerprint density at radius 3 is 2.71 bits per heavy atom. The molecule has 0 saturated carbocycles. The second-order valence-corrected chi connectivity index (χ2v) is 6.79. The van der Waals surface area contributed by atoms with Gasteiger partial charge in [-0.15, -0.1) is 0 Å². The maximum Gasteiger partial charge on any atom is 0.264 e. The number of nitrogens with zero attached hydrogens (tertiary/aromatic N) is 4. The Kier molecular flexibility index (Phi) is 5.19. The third kappa shape index (κ3) is 5.02. The van der Waals surface area contributed by atoms with E-state index >= 15 is 0 Å². The molecule has 0 N–H and O–H groups in total. The van der Waals surface area contributed by atoms with Crippen molar-refractivity contribution in [3.63, 3.8) is 0 Å². The highest BCUT2D eigenvalue weighted by atomic mass is 32.2. The quantitative estimate of drug-likeness (QED) is 0.346. The lowest BCUT2D eigenvalue weighted by atomic mass is 10.1. The maximum absolute atomic E-state index is 11.3. The molecular formula is C13H18N4O3S. The fraction of sp³-hybridized carbons (Fsp3) is 0.538. The van der Waals surface area contributed by atoms with Crippen LogP contribution in [-0.2, 0) is 20.8 Å². The molecule has 1 aromatic rings. The summed E-state index contributed by atoms with van der Waals surface area (Å²) in [5.41, 5.74) is 9.59. The number of rotatable bonds is 6. The lowest BCUT2D eigenvalue weighted by Gasteiger charge is -2.15. The predicted octanol–water partition coefficient (Wildman–Crippen LogP) is 1.77. The van der Waals surface area contributed by atoms with Crippen molar-refractivity contribution in [3.8, 4) is 0 Å². The van der Waals surface area contributed by atoms with E-state index < -0.39 is 16.2 Å². The van der Waals surface area contributed by atoms with Gasteiger partial charge in [0.05, 0.1) is 12.4 Å². The van der Waals surface area contributed by atoms with Crippen LogP contribution in [0.25, 0.3) is 10.4 Å². The van der Waals surface area contributed by atoms with Crippen LogP contribution in [0.15, 0.2) is 35.4 Å². The van der Waals surface area contributed by atoms with Crippen LogP contribution in [0.3, 0.4) is 0 Å². The number of hydrogen-bond donors (Lipinski definition) is 0. The van der Waals surface area contributed by atoms with Gasteiger partial charge in [-0.05, 0) is 11.1 Å². The summed E-state index contributed by atoms with van der Waals surface area (Å²) in [5, 5.41) is 3.55. The molecule has 0 aliphatic carbocycles. The lowest BCUT2D eigenvalue weighted by molar-refractivity contribution is 0.178. The molecule has 0 amide bonds. The van der Waals surface area contributed by atoms with E-state index in [-0.39, 0.29) is 12.5 Å². The van der Waals surface area contributed by atoms with E-state index in [0.29, 0.717) is 13.1 Å². The molecule has 1 fully saturated rings. The van der Waals surface area contributed by atoms with Crippen LogP contribution in [0.2, 0.25) is 0 Å². The molecule has 8 heteroatoms. The Balaban J connectivity index is 2.04. The Hall–Kier alpha value is -1.60. The van der Waals surface area contributed by atoms with Gasteiger partial charge in [0.2, 0.25) is 0 Å². The van der Waals surface area contributed by atoms with E-state index in [1.807, 2.05) is 30.3 Å². The Morgan fingerprint density at radius 1 is 1.38 bits per heavy atom. The van der Waals surface area contributed by atoms with Crippen molar-refractivity contribution >= 4 is 10.1 Å². The van der Waals surface area contributed by atoms with Crippen molar-refractivity contribution in [2.24, 2.45) is 11.0 Å². The van der Waals surface area contributed by atoms with Crippen molar-refractivity contribution in [1.82, 2.24) is 4.90 Å². The summed E-state index contributed by atoms with van der Waals surface area (Å²) < 4.78 is 27.8. The molecule has 1 aliphatic rings. The molecule has 114 valence electrons. The number of likely N-dealkylation sites (tertiary alicyclic amines) is 1. The number of azide groups is 1. The van der Waals surface area contributed by atoms with Gasteiger partial charge in [-0.1, -0.05) is 35.4 Å². The molecule has 1 aromatic carbocycles. The highest BCUT2D eigenvalue weighted by Crippen LogP contribution is 2.23. The second-order valence-electron chi connectivity index (χ2n) is 5.19. The zero-order valence-electron chi connectivity index (χ0n) is 11.8. The minimum atomic E-state index is -3.52. The molecule has 7 nitrogen and oxygen atoms in total. The minimum Gasteiger partial charge on any atom is -0.296 e. The summed E-state index contributed by atoms with van der Waals surface area (Å²) in [5.74, 6) is -0.112. The Bertz CT molecular complexity index is 614. The summed E-state index contributed by atoms with van der Waals surface area (Å²) >= 11 is 0. The van der Waals surface area contributed by atoms with Crippen LogP contribution in [-0.4, -0.2) is 45.3 Å². The summed E-state index contributed by atoms with van der Waals surface area (Å²) in [4.78, 5) is 4.85. The van der Waals surface area contributed by atoms with Gasteiger partial charge in [-0.2, -0.15) is 8.42 Å². The van der Waals surface area contributed by atoms with Crippen LogP contribution < -0.4 is 0 Å². The number of benzene rings is 1. The largest absolute Gasteiger partial charge is 0.296 e. The average Bonchev–Trinajstić information content (AvgIpc) is 2.77. The summed E-state index contributed by atoms with van der Waals surface area (Å²) in [7, 11) is -3.52. The maximum atomic E-state index is 11.3.